The molecule has 74 valence electrons. The number of piperidine rings is 1. The highest BCUT2D eigenvalue weighted by Crippen LogP contribution is 2.33. The number of carbonyl (C=O) groups is 1. The number of nitrogens with zero attached hydrogens (tertiary/aromatic N) is 1. The molecule has 1 saturated carbocycles. The van der Waals surface area contributed by atoms with Gasteiger partial charge in [0, 0.05) is 18.5 Å². The minimum atomic E-state index is -0.196. The van der Waals surface area contributed by atoms with Crippen LogP contribution in [-0.4, -0.2) is 34.6 Å². The predicted molar refractivity (Wildman–Crippen MR) is 49.1 cm³/mol. The maximum Gasteiger partial charge on any atom is 0.225 e. The summed E-state index contributed by atoms with van der Waals surface area (Å²) in [5.74, 6) is 0.636. The van der Waals surface area contributed by atoms with Crippen molar-refractivity contribution < 1.29 is 9.90 Å². The zero-order valence-corrected chi connectivity index (χ0v) is 8.07. The van der Waals surface area contributed by atoms with E-state index < -0.39 is 0 Å². The van der Waals surface area contributed by atoms with Crippen molar-refractivity contribution in [2.75, 3.05) is 6.54 Å². The highest BCUT2D eigenvalue weighted by molar-refractivity contribution is 5.81. The first-order valence-electron chi connectivity index (χ1n) is 5.17. The van der Waals surface area contributed by atoms with E-state index in [2.05, 4.69) is 0 Å². The molecule has 1 saturated heterocycles. The number of aliphatic hydroxyl groups is 1. The van der Waals surface area contributed by atoms with E-state index in [-0.39, 0.29) is 12.1 Å². The van der Waals surface area contributed by atoms with Crippen molar-refractivity contribution in [3.8, 4) is 0 Å². The molecule has 0 aromatic rings. The molecule has 0 radical (unpaired) electrons. The van der Waals surface area contributed by atoms with Gasteiger partial charge in [0.1, 0.15) is 0 Å². The second-order valence-electron chi connectivity index (χ2n) is 4.33. The van der Waals surface area contributed by atoms with Gasteiger partial charge in [-0.15, -0.1) is 0 Å². The van der Waals surface area contributed by atoms with E-state index in [1.165, 1.54) is 0 Å². The molecule has 1 amide bonds. The Bertz CT molecular complexity index is 213. The normalized spacial score (nSPS) is 34.8. The summed E-state index contributed by atoms with van der Waals surface area (Å²) < 4.78 is 0. The largest absolute Gasteiger partial charge is 0.393 e. The van der Waals surface area contributed by atoms with Crippen LogP contribution in [0.25, 0.3) is 0 Å². The maximum absolute atomic E-state index is 11.7. The SMILES string of the molecule is CC1CC(O)CCN1C(=O)C1CC1. The zero-order chi connectivity index (χ0) is 9.42. The van der Waals surface area contributed by atoms with Crippen LogP contribution in [0.4, 0.5) is 0 Å². The van der Waals surface area contributed by atoms with E-state index in [1.54, 1.807) is 0 Å². The summed E-state index contributed by atoms with van der Waals surface area (Å²) in [6, 6.07) is 0.233. The molecule has 3 nitrogen and oxygen atoms in total. The van der Waals surface area contributed by atoms with Crippen LogP contribution in [0.3, 0.4) is 0 Å². The van der Waals surface area contributed by atoms with Crippen molar-refractivity contribution in [2.45, 2.75) is 44.8 Å². The van der Waals surface area contributed by atoms with E-state index >= 15 is 0 Å². The lowest BCUT2D eigenvalue weighted by atomic mass is 10.0. The Morgan fingerprint density at radius 1 is 1.38 bits per heavy atom. The molecule has 1 N–H and O–H groups in total. The van der Waals surface area contributed by atoms with Crippen molar-refractivity contribution >= 4 is 5.91 Å². The summed E-state index contributed by atoms with van der Waals surface area (Å²) in [5, 5.41) is 9.40. The minimum Gasteiger partial charge on any atom is -0.393 e. The molecule has 0 aromatic carbocycles. The summed E-state index contributed by atoms with van der Waals surface area (Å²) in [6.07, 6.45) is 3.45. The van der Waals surface area contributed by atoms with Crippen LogP contribution in [0.2, 0.25) is 0 Å². The number of likely N-dealkylation sites (tertiary alicyclic amines) is 1. The molecule has 2 rings (SSSR count). The van der Waals surface area contributed by atoms with Crippen molar-refractivity contribution in [1.82, 2.24) is 4.90 Å². The number of carbonyl (C=O) groups excluding carboxylic acids is 1. The number of rotatable bonds is 1. The van der Waals surface area contributed by atoms with Crippen molar-refractivity contribution in [2.24, 2.45) is 5.92 Å². The van der Waals surface area contributed by atoms with Gasteiger partial charge in [-0.25, -0.2) is 0 Å². The summed E-state index contributed by atoms with van der Waals surface area (Å²) >= 11 is 0. The molecule has 2 atom stereocenters. The van der Waals surface area contributed by atoms with Crippen LogP contribution in [0.1, 0.15) is 32.6 Å². The zero-order valence-electron chi connectivity index (χ0n) is 8.07. The standard InChI is InChI=1S/C10H17NO2/c1-7-6-9(12)4-5-11(7)10(13)8-2-3-8/h7-9,12H,2-6H2,1H3. The second kappa shape index (κ2) is 3.29. The third-order valence-corrected chi connectivity index (χ3v) is 3.06. The first kappa shape index (κ1) is 9.00. The average molecular weight is 183 g/mol. The average Bonchev–Trinajstić information content (AvgIpc) is 2.85. The summed E-state index contributed by atoms with van der Waals surface area (Å²) in [7, 11) is 0. The predicted octanol–water partition coefficient (Wildman–Crippen LogP) is 0.768. The topological polar surface area (TPSA) is 40.5 Å². The lowest BCUT2D eigenvalue weighted by Gasteiger charge is -2.36. The summed E-state index contributed by atoms with van der Waals surface area (Å²) in [5.41, 5.74) is 0. The van der Waals surface area contributed by atoms with Crippen LogP contribution in [0, 0.1) is 5.92 Å². The van der Waals surface area contributed by atoms with Crippen LogP contribution in [-0.2, 0) is 4.79 Å². The maximum atomic E-state index is 11.7. The van der Waals surface area contributed by atoms with E-state index in [1.807, 2.05) is 11.8 Å². The van der Waals surface area contributed by atoms with Gasteiger partial charge in [-0.3, -0.25) is 4.79 Å². The van der Waals surface area contributed by atoms with E-state index in [0.717, 1.165) is 32.2 Å². The van der Waals surface area contributed by atoms with Crippen molar-refractivity contribution in [3.05, 3.63) is 0 Å². The number of hydrogen-bond acceptors (Lipinski definition) is 2. The molecule has 2 aliphatic rings. The second-order valence-corrected chi connectivity index (χ2v) is 4.33. The molecule has 1 aliphatic carbocycles. The molecule has 1 aliphatic heterocycles. The molecule has 2 unspecified atom stereocenters. The molecule has 13 heavy (non-hydrogen) atoms. The smallest absolute Gasteiger partial charge is 0.225 e. The van der Waals surface area contributed by atoms with Gasteiger partial charge in [-0.05, 0) is 32.6 Å². The molecular formula is C10H17NO2. The number of amides is 1. The fourth-order valence-electron chi connectivity index (χ4n) is 2.04. The van der Waals surface area contributed by atoms with Gasteiger partial charge in [0.25, 0.3) is 0 Å². The molecule has 0 bridgehead atoms. The third-order valence-electron chi connectivity index (χ3n) is 3.06. The van der Waals surface area contributed by atoms with Crippen LogP contribution < -0.4 is 0 Å². The van der Waals surface area contributed by atoms with Gasteiger partial charge in [0.2, 0.25) is 5.91 Å². The van der Waals surface area contributed by atoms with E-state index in [0.29, 0.717) is 11.8 Å². The summed E-state index contributed by atoms with van der Waals surface area (Å²) in [4.78, 5) is 13.7. The highest BCUT2D eigenvalue weighted by atomic mass is 16.3. The monoisotopic (exact) mass is 183 g/mol. The van der Waals surface area contributed by atoms with Crippen LogP contribution in [0.5, 0.6) is 0 Å². The van der Waals surface area contributed by atoms with E-state index in [4.69, 9.17) is 0 Å². The Morgan fingerprint density at radius 2 is 2.08 bits per heavy atom. The van der Waals surface area contributed by atoms with Gasteiger partial charge in [-0.1, -0.05) is 0 Å². The molecule has 1 heterocycles. The summed E-state index contributed by atoms with van der Waals surface area (Å²) in [6.45, 7) is 2.78. The molecular weight excluding hydrogens is 166 g/mol. The van der Waals surface area contributed by atoms with Crippen molar-refractivity contribution in [3.63, 3.8) is 0 Å². The number of hydrogen-bond donors (Lipinski definition) is 1. The van der Waals surface area contributed by atoms with Gasteiger partial charge in [0.05, 0.1) is 6.10 Å². The fraction of sp³-hybridized carbons (Fsp3) is 0.900. The Balaban J connectivity index is 1.94. The fourth-order valence-corrected chi connectivity index (χ4v) is 2.04. The van der Waals surface area contributed by atoms with E-state index in [9.17, 15) is 9.90 Å². The Labute approximate surface area is 78.7 Å². The third kappa shape index (κ3) is 1.85. The minimum absolute atomic E-state index is 0.196. The van der Waals surface area contributed by atoms with Gasteiger partial charge in [-0.2, -0.15) is 0 Å². The lowest BCUT2D eigenvalue weighted by Crippen LogP contribution is -2.46. The quantitative estimate of drug-likeness (QED) is 0.652. The first-order chi connectivity index (χ1) is 6.18. The Kier molecular flexibility index (Phi) is 2.28. The molecule has 2 fully saturated rings. The number of aliphatic hydroxyl groups excluding tert-OH is 1. The molecule has 3 heteroatoms. The van der Waals surface area contributed by atoms with Gasteiger partial charge < -0.3 is 10.0 Å². The molecule has 0 spiro atoms. The van der Waals surface area contributed by atoms with Crippen LogP contribution >= 0.6 is 0 Å². The van der Waals surface area contributed by atoms with Crippen molar-refractivity contribution in [1.29, 1.82) is 0 Å². The Hall–Kier alpha value is -0.570. The highest BCUT2D eigenvalue weighted by Gasteiger charge is 2.37. The van der Waals surface area contributed by atoms with Gasteiger partial charge >= 0.3 is 0 Å². The first-order valence-corrected chi connectivity index (χ1v) is 5.17. The Morgan fingerprint density at radius 3 is 2.62 bits per heavy atom. The lowest BCUT2D eigenvalue weighted by molar-refractivity contribution is -0.137. The van der Waals surface area contributed by atoms with Gasteiger partial charge in [0.15, 0.2) is 0 Å². The van der Waals surface area contributed by atoms with Crippen LogP contribution in [0.15, 0.2) is 0 Å². The molecule has 0 aromatic heterocycles.